The van der Waals surface area contributed by atoms with Crippen molar-refractivity contribution in [1.29, 1.82) is 0 Å². The van der Waals surface area contributed by atoms with Crippen molar-refractivity contribution >= 4 is 23.3 Å². The Morgan fingerprint density at radius 1 is 1.09 bits per heavy atom. The lowest BCUT2D eigenvalue weighted by Crippen LogP contribution is -2.45. The number of hydrogen-bond donors (Lipinski definition) is 0. The third kappa shape index (κ3) is 4.13. The largest absolute Gasteiger partial charge is 0.486 e. The van der Waals surface area contributed by atoms with Gasteiger partial charge >= 0.3 is 5.97 Å². The lowest BCUT2D eigenvalue weighted by atomic mass is 10.0. The van der Waals surface area contributed by atoms with Crippen molar-refractivity contribution in [2.75, 3.05) is 31.4 Å². The highest BCUT2D eigenvalue weighted by molar-refractivity contribution is 6.38. The van der Waals surface area contributed by atoms with E-state index in [2.05, 4.69) is 5.10 Å². The lowest BCUT2D eigenvalue weighted by Gasteiger charge is -2.31. The van der Waals surface area contributed by atoms with Gasteiger partial charge in [-0.05, 0) is 49.6 Å². The first-order chi connectivity index (χ1) is 16.2. The molecule has 3 aliphatic heterocycles. The molecule has 0 aromatic heterocycles. The van der Waals surface area contributed by atoms with Crippen LogP contribution in [-0.2, 0) is 14.3 Å². The van der Waals surface area contributed by atoms with Gasteiger partial charge in [0.05, 0.1) is 18.3 Å². The second kappa shape index (κ2) is 9.13. The molecular formula is C25H27N3O5. The molecule has 2 atom stereocenters. The molecule has 0 radical (unpaired) electrons. The summed E-state index contributed by atoms with van der Waals surface area (Å²) in [6, 6.07) is 14.7. The van der Waals surface area contributed by atoms with Gasteiger partial charge in [0.2, 0.25) is 5.91 Å². The zero-order chi connectivity index (χ0) is 22.8. The number of anilines is 1. The highest BCUT2D eigenvalue weighted by atomic mass is 16.6. The molecule has 2 aromatic rings. The SMILES string of the molecule is CCOC(=O)C1=NN(c2ccccc2)C(C(=O)N2CCCC2c2ccc3c(c2)OCCO3)C1. The number of likely N-dealkylation sites (tertiary alicyclic amines) is 1. The van der Waals surface area contributed by atoms with Gasteiger partial charge in [-0.3, -0.25) is 9.80 Å². The van der Waals surface area contributed by atoms with Gasteiger partial charge in [-0.2, -0.15) is 5.10 Å². The molecule has 0 bridgehead atoms. The smallest absolute Gasteiger partial charge is 0.354 e. The van der Waals surface area contributed by atoms with Crippen LogP contribution in [0.25, 0.3) is 0 Å². The van der Waals surface area contributed by atoms with Crippen molar-refractivity contribution in [2.45, 2.75) is 38.3 Å². The molecule has 3 aliphatic rings. The number of carbonyl (C=O) groups excluding carboxylic acids is 2. The third-order valence-corrected chi connectivity index (χ3v) is 6.21. The Labute approximate surface area is 192 Å². The molecule has 172 valence electrons. The first kappa shape index (κ1) is 21.3. The molecule has 8 nitrogen and oxygen atoms in total. The first-order valence-electron chi connectivity index (χ1n) is 11.4. The second-order valence-corrected chi connectivity index (χ2v) is 8.26. The number of amides is 1. The number of carbonyl (C=O) groups is 2. The normalized spacial score (nSPS) is 21.7. The molecule has 1 fully saturated rings. The maximum absolute atomic E-state index is 13.8. The Balaban J connectivity index is 1.41. The average Bonchev–Trinajstić information content (AvgIpc) is 3.52. The van der Waals surface area contributed by atoms with Crippen LogP contribution in [0.3, 0.4) is 0 Å². The molecule has 0 aliphatic carbocycles. The highest BCUT2D eigenvalue weighted by Crippen LogP contribution is 2.39. The highest BCUT2D eigenvalue weighted by Gasteiger charge is 2.42. The number of esters is 1. The maximum atomic E-state index is 13.8. The summed E-state index contributed by atoms with van der Waals surface area (Å²) >= 11 is 0. The second-order valence-electron chi connectivity index (χ2n) is 8.26. The number of para-hydroxylation sites is 1. The van der Waals surface area contributed by atoms with Crippen LogP contribution in [0.1, 0.15) is 37.8 Å². The minimum absolute atomic E-state index is 0.0423. The molecule has 5 rings (SSSR count). The Hall–Kier alpha value is -3.55. The van der Waals surface area contributed by atoms with Crippen molar-refractivity contribution in [3.05, 3.63) is 54.1 Å². The van der Waals surface area contributed by atoms with E-state index in [1.807, 2.05) is 53.4 Å². The molecule has 8 heteroatoms. The minimum Gasteiger partial charge on any atom is -0.486 e. The summed E-state index contributed by atoms with van der Waals surface area (Å²) in [5.74, 6) is 0.940. The van der Waals surface area contributed by atoms with Gasteiger partial charge in [0.1, 0.15) is 25.0 Å². The van der Waals surface area contributed by atoms with E-state index in [4.69, 9.17) is 14.2 Å². The summed E-state index contributed by atoms with van der Waals surface area (Å²) in [6.07, 6.45) is 2.00. The average molecular weight is 450 g/mol. The number of nitrogens with zero attached hydrogens (tertiary/aromatic N) is 3. The van der Waals surface area contributed by atoms with Crippen molar-refractivity contribution in [3.8, 4) is 11.5 Å². The third-order valence-electron chi connectivity index (χ3n) is 6.21. The number of hydrazone groups is 1. The Morgan fingerprint density at radius 3 is 2.67 bits per heavy atom. The number of rotatable bonds is 5. The summed E-state index contributed by atoms with van der Waals surface area (Å²) in [7, 11) is 0. The summed E-state index contributed by atoms with van der Waals surface area (Å²) in [6.45, 7) is 3.74. The zero-order valence-electron chi connectivity index (χ0n) is 18.6. The van der Waals surface area contributed by atoms with Crippen LogP contribution >= 0.6 is 0 Å². The lowest BCUT2D eigenvalue weighted by molar-refractivity contribution is -0.135. The van der Waals surface area contributed by atoms with Gasteiger partial charge in [0, 0.05) is 13.0 Å². The summed E-state index contributed by atoms with van der Waals surface area (Å²) < 4.78 is 16.6. The van der Waals surface area contributed by atoms with Gasteiger partial charge in [-0.15, -0.1) is 0 Å². The summed E-state index contributed by atoms with van der Waals surface area (Å²) in [5.41, 5.74) is 2.07. The Morgan fingerprint density at radius 2 is 1.88 bits per heavy atom. The topological polar surface area (TPSA) is 80.7 Å². The molecule has 2 aromatic carbocycles. The number of ether oxygens (including phenoxy) is 3. The fraction of sp³-hybridized carbons (Fsp3) is 0.400. The van der Waals surface area contributed by atoms with E-state index >= 15 is 0 Å². The summed E-state index contributed by atoms with van der Waals surface area (Å²) in [4.78, 5) is 28.1. The molecule has 3 heterocycles. The van der Waals surface area contributed by atoms with Gasteiger partial charge < -0.3 is 19.1 Å². The van der Waals surface area contributed by atoms with Crippen LogP contribution in [0.2, 0.25) is 0 Å². The predicted molar refractivity (Wildman–Crippen MR) is 123 cm³/mol. The van der Waals surface area contributed by atoms with Gasteiger partial charge in [0.25, 0.3) is 0 Å². The number of fused-ring (bicyclic) bond motifs is 1. The minimum atomic E-state index is -0.593. The van der Waals surface area contributed by atoms with Crippen molar-refractivity contribution < 1.29 is 23.8 Å². The van der Waals surface area contributed by atoms with E-state index in [0.717, 1.165) is 35.6 Å². The number of hydrogen-bond acceptors (Lipinski definition) is 7. The van der Waals surface area contributed by atoms with Crippen LogP contribution in [0, 0.1) is 0 Å². The van der Waals surface area contributed by atoms with Crippen LogP contribution in [-0.4, -0.2) is 54.9 Å². The molecular weight excluding hydrogens is 422 g/mol. The van der Waals surface area contributed by atoms with Crippen molar-refractivity contribution in [2.24, 2.45) is 5.10 Å². The molecule has 0 N–H and O–H groups in total. The molecule has 1 saturated heterocycles. The van der Waals surface area contributed by atoms with E-state index in [1.54, 1.807) is 11.9 Å². The standard InChI is InChI=1S/C25H27N3O5/c1-2-31-25(30)19-16-21(28(26-19)18-7-4-3-5-8-18)24(29)27-12-6-9-20(27)17-10-11-22-23(15-17)33-14-13-32-22/h3-5,7-8,10-11,15,20-21H,2,6,9,12-14,16H2,1H3. The van der Waals surface area contributed by atoms with Crippen LogP contribution in [0.15, 0.2) is 53.6 Å². The summed E-state index contributed by atoms with van der Waals surface area (Å²) in [5, 5.41) is 6.16. The van der Waals surface area contributed by atoms with Gasteiger partial charge in [-0.1, -0.05) is 24.3 Å². The number of benzene rings is 2. The van der Waals surface area contributed by atoms with Crippen LogP contribution in [0.5, 0.6) is 11.5 Å². The van der Waals surface area contributed by atoms with E-state index < -0.39 is 12.0 Å². The van der Waals surface area contributed by atoms with E-state index in [9.17, 15) is 9.59 Å². The molecule has 0 spiro atoms. The molecule has 0 saturated carbocycles. The Kier molecular flexibility index (Phi) is 5.90. The fourth-order valence-corrected chi connectivity index (χ4v) is 4.69. The Bertz CT molecular complexity index is 1070. The van der Waals surface area contributed by atoms with Crippen molar-refractivity contribution in [1.82, 2.24) is 4.90 Å². The predicted octanol–water partition coefficient (Wildman–Crippen LogP) is 3.32. The monoisotopic (exact) mass is 449 g/mol. The van der Waals surface area contributed by atoms with Crippen LogP contribution in [0.4, 0.5) is 5.69 Å². The fourth-order valence-electron chi connectivity index (χ4n) is 4.69. The first-order valence-corrected chi connectivity index (χ1v) is 11.4. The van der Waals surface area contributed by atoms with Crippen molar-refractivity contribution in [3.63, 3.8) is 0 Å². The molecule has 1 amide bonds. The van der Waals surface area contributed by atoms with E-state index in [0.29, 0.717) is 19.8 Å². The van der Waals surface area contributed by atoms with E-state index in [1.165, 1.54) is 0 Å². The van der Waals surface area contributed by atoms with Gasteiger partial charge in [0.15, 0.2) is 11.5 Å². The van der Waals surface area contributed by atoms with Gasteiger partial charge in [-0.25, -0.2) is 4.79 Å². The van der Waals surface area contributed by atoms with Crippen LogP contribution < -0.4 is 14.5 Å². The zero-order valence-corrected chi connectivity index (χ0v) is 18.6. The molecule has 2 unspecified atom stereocenters. The van der Waals surface area contributed by atoms with E-state index in [-0.39, 0.29) is 30.7 Å². The molecule has 33 heavy (non-hydrogen) atoms. The quantitative estimate of drug-likeness (QED) is 0.652. The maximum Gasteiger partial charge on any atom is 0.354 e.